The summed E-state index contributed by atoms with van der Waals surface area (Å²) < 4.78 is 17.0. The second kappa shape index (κ2) is 70.4. The van der Waals surface area contributed by atoms with Crippen LogP contribution in [-0.2, 0) is 28.6 Å². The molecule has 0 saturated carbocycles. The van der Waals surface area contributed by atoms with Crippen LogP contribution in [0.2, 0.25) is 0 Å². The minimum absolute atomic E-state index is 0.0639. The average Bonchev–Trinajstić information content (AvgIpc) is 3.47. The highest BCUT2D eigenvalue weighted by Crippen LogP contribution is 2.19. The Morgan fingerprint density at radius 3 is 0.679 bits per heavy atom. The Bertz CT molecular complexity index is 1310. The summed E-state index contributed by atoms with van der Waals surface area (Å²) in [5.74, 6) is -0.828. The van der Waals surface area contributed by atoms with Crippen molar-refractivity contribution in [3.63, 3.8) is 0 Å². The molecule has 81 heavy (non-hydrogen) atoms. The van der Waals surface area contributed by atoms with E-state index in [1.54, 1.807) is 0 Å². The first-order chi connectivity index (χ1) is 40.0. The van der Waals surface area contributed by atoms with Crippen LogP contribution in [0.4, 0.5) is 0 Å². The molecule has 6 nitrogen and oxygen atoms in total. The number of hydrogen-bond donors (Lipinski definition) is 0. The fourth-order valence-electron chi connectivity index (χ4n) is 11.4. The molecule has 0 bridgehead atoms. The summed E-state index contributed by atoms with van der Waals surface area (Å²) in [5, 5.41) is 0. The number of esters is 3. The van der Waals surface area contributed by atoms with Crippen LogP contribution in [0.1, 0.15) is 419 Å². The largest absolute Gasteiger partial charge is 0.462 e. The van der Waals surface area contributed by atoms with Gasteiger partial charge in [-0.15, -0.1) is 0 Å². The summed E-state index contributed by atoms with van der Waals surface area (Å²) in [5.41, 5.74) is 0. The number of unbranched alkanes of at least 4 members (excludes halogenated alkanes) is 54. The van der Waals surface area contributed by atoms with Crippen LogP contribution >= 0.6 is 0 Å². The second-order valence-electron chi connectivity index (χ2n) is 25.2. The molecule has 0 radical (unpaired) electrons. The highest BCUT2D eigenvalue weighted by molar-refractivity contribution is 5.71. The van der Waals surface area contributed by atoms with Crippen molar-refractivity contribution in [2.45, 2.75) is 425 Å². The van der Waals surface area contributed by atoms with Crippen LogP contribution in [0.25, 0.3) is 0 Å². The van der Waals surface area contributed by atoms with Crippen molar-refractivity contribution in [2.24, 2.45) is 0 Å². The van der Waals surface area contributed by atoms with Gasteiger partial charge >= 0.3 is 17.9 Å². The topological polar surface area (TPSA) is 78.9 Å². The maximum Gasteiger partial charge on any atom is 0.306 e. The van der Waals surface area contributed by atoms with Gasteiger partial charge < -0.3 is 14.2 Å². The third-order valence-corrected chi connectivity index (χ3v) is 17.0. The summed E-state index contributed by atoms with van der Waals surface area (Å²) >= 11 is 0. The van der Waals surface area contributed by atoms with Gasteiger partial charge in [0.25, 0.3) is 0 Å². The number of rotatable bonds is 69. The van der Waals surface area contributed by atoms with Gasteiger partial charge in [-0.05, 0) is 51.4 Å². The Labute approximate surface area is 506 Å². The predicted molar refractivity (Wildman–Crippen MR) is 353 cm³/mol. The molecule has 0 N–H and O–H groups in total. The number of hydrogen-bond acceptors (Lipinski definition) is 6. The smallest absolute Gasteiger partial charge is 0.306 e. The van der Waals surface area contributed by atoms with Gasteiger partial charge in [0, 0.05) is 19.3 Å². The van der Waals surface area contributed by atoms with Crippen molar-refractivity contribution in [3.8, 4) is 0 Å². The van der Waals surface area contributed by atoms with Crippen molar-refractivity contribution in [3.05, 3.63) is 24.3 Å². The van der Waals surface area contributed by atoms with E-state index in [0.29, 0.717) is 19.3 Å². The molecule has 0 aromatic rings. The van der Waals surface area contributed by atoms with Crippen molar-refractivity contribution >= 4 is 17.9 Å². The fourth-order valence-corrected chi connectivity index (χ4v) is 11.4. The monoisotopic (exact) mass is 1140 g/mol. The van der Waals surface area contributed by atoms with E-state index in [9.17, 15) is 14.4 Å². The lowest BCUT2D eigenvalue weighted by Gasteiger charge is -2.18. The van der Waals surface area contributed by atoms with Gasteiger partial charge in [0.2, 0.25) is 0 Å². The van der Waals surface area contributed by atoms with E-state index in [-0.39, 0.29) is 31.1 Å². The molecule has 0 fully saturated rings. The number of ether oxygens (including phenoxy) is 3. The molecule has 0 aromatic heterocycles. The average molecular weight is 1140 g/mol. The van der Waals surface area contributed by atoms with E-state index in [4.69, 9.17) is 14.2 Å². The molecule has 0 amide bonds. The molecule has 0 aliphatic rings. The van der Waals surface area contributed by atoms with Crippen LogP contribution in [0.5, 0.6) is 0 Å². The SMILES string of the molecule is CCCCCCC/C=C\C/C=C\CCCCCCCCCCCCCCCC(=O)OCC(COC(=O)CCCCCCCCCCCCCCCCC)OC(=O)CCCCCCCCCCCCCCCCCCCCCCCCC. The van der Waals surface area contributed by atoms with Crippen LogP contribution in [0.3, 0.4) is 0 Å². The van der Waals surface area contributed by atoms with Gasteiger partial charge in [-0.1, -0.05) is 373 Å². The van der Waals surface area contributed by atoms with E-state index in [2.05, 4.69) is 45.1 Å². The zero-order valence-electron chi connectivity index (χ0n) is 55.1. The standard InChI is InChI=1S/C75H142O6/c1-4-7-10-13-16-19-22-25-28-30-32-34-36-37-39-40-42-44-47-50-53-56-59-62-65-68-74(77)80-71-72(70-79-73(76)67-64-61-58-55-52-49-46-27-24-21-18-15-12-9-6-3)81-75(78)69-66-63-60-57-54-51-48-45-43-41-38-35-33-31-29-26-23-20-17-14-11-8-5-2/h22,25,30,32,72H,4-21,23-24,26-29,31,33-71H2,1-3H3/b25-22-,32-30-. The summed E-state index contributed by atoms with van der Waals surface area (Å²) in [6.07, 6.45) is 86.4. The van der Waals surface area contributed by atoms with Crippen LogP contribution in [0.15, 0.2) is 24.3 Å². The molecule has 478 valence electrons. The molecule has 0 aromatic carbocycles. The van der Waals surface area contributed by atoms with E-state index in [1.807, 2.05) is 0 Å². The zero-order valence-corrected chi connectivity index (χ0v) is 55.1. The van der Waals surface area contributed by atoms with Gasteiger partial charge in [-0.3, -0.25) is 14.4 Å². The third kappa shape index (κ3) is 68.6. The van der Waals surface area contributed by atoms with Gasteiger partial charge in [0.15, 0.2) is 6.10 Å². The molecular formula is C75H142O6. The van der Waals surface area contributed by atoms with E-state index in [1.165, 1.54) is 315 Å². The van der Waals surface area contributed by atoms with E-state index >= 15 is 0 Å². The molecule has 0 saturated heterocycles. The van der Waals surface area contributed by atoms with Gasteiger partial charge in [0.1, 0.15) is 13.2 Å². The normalized spacial score (nSPS) is 12.1. The summed E-state index contributed by atoms with van der Waals surface area (Å²) in [6.45, 7) is 6.72. The Morgan fingerprint density at radius 2 is 0.444 bits per heavy atom. The van der Waals surface area contributed by atoms with Crippen molar-refractivity contribution < 1.29 is 28.6 Å². The summed E-state index contributed by atoms with van der Waals surface area (Å²) in [4.78, 5) is 38.5. The van der Waals surface area contributed by atoms with Crippen molar-refractivity contribution in [1.29, 1.82) is 0 Å². The van der Waals surface area contributed by atoms with Gasteiger partial charge in [-0.2, -0.15) is 0 Å². The quantitative estimate of drug-likeness (QED) is 0.0261. The maximum atomic E-state index is 13.0. The minimum Gasteiger partial charge on any atom is -0.462 e. The zero-order chi connectivity index (χ0) is 58.5. The Kier molecular flexibility index (Phi) is 68.5. The highest BCUT2D eigenvalue weighted by atomic mass is 16.6. The lowest BCUT2D eigenvalue weighted by atomic mass is 10.0. The van der Waals surface area contributed by atoms with Gasteiger partial charge in [0.05, 0.1) is 0 Å². The van der Waals surface area contributed by atoms with Crippen LogP contribution in [-0.4, -0.2) is 37.2 Å². The van der Waals surface area contributed by atoms with E-state index < -0.39 is 6.10 Å². The van der Waals surface area contributed by atoms with E-state index in [0.717, 1.165) is 64.2 Å². The molecule has 1 unspecified atom stereocenters. The Hall–Kier alpha value is -2.11. The molecule has 6 heteroatoms. The molecular weight excluding hydrogens is 997 g/mol. The highest BCUT2D eigenvalue weighted by Gasteiger charge is 2.20. The molecule has 0 aliphatic heterocycles. The predicted octanol–water partition coefficient (Wildman–Crippen LogP) is 25.3. The molecule has 0 rings (SSSR count). The van der Waals surface area contributed by atoms with Crippen molar-refractivity contribution in [1.82, 2.24) is 0 Å². The first kappa shape index (κ1) is 78.9. The summed E-state index contributed by atoms with van der Waals surface area (Å²) in [6, 6.07) is 0. The third-order valence-electron chi connectivity index (χ3n) is 17.0. The lowest BCUT2D eigenvalue weighted by Crippen LogP contribution is -2.30. The molecule has 0 aliphatic carbocycles. The Morgan fingerprint density at radius 1 is 0.247 bits per heavy atom. The first-order valence-electron chi connectivity index (χ1n) is 36.8. The maximum absolute atomic E-state index is 13.0. The minimum atomic E-state index is -0.768. The van der Waals surface area contributed by atoms with Crippen LogP contribution in [0, 0.1) is 0 Å². The lowest BCUT2D eigenvalue weighted by molar-refractivity contribution is -0.167. The number of carbonyl (C=O) groups excluding carboxylic acids is 3. The Balaban J connectivity index is 4.24. The molecule has 0 heterocycles. The molecule has 0 spiro atoms. The molecule has 1 atom stereocenters. The number of allylic oxidation sites excluding steroid dienone is 4. The van der Waals surface area contributed by atoms with Gasteiger partial charge in [-0.25, -0.2) is 0 Å². The number of carbonyl (C=O) groups is 3. The van der Waals surface area contributed by atoms with Crippen LogP contribution < -0.4 is 0 Å². The summed E-state index contributed by atoms with van der Waals surface area (Å²) in [7, 11) is 0. The first-order valence-corrected chi connectivity index (χ1v) is 36.8. The fraction of sp³-hybridized carbons (Fsp3) is 0.907. The second-order valence-corrected chi connectivity index (χ2v) is 25.2. The van der Waals surface area contributed by atoms with Crippen molar-refractivity contribution in [2.75, 3.05) is 13.2 Å².